The van der Waals surface area contributed by atoms with Crippen LogP contribution >= 0.6 is 34.8 Å². The van der Waals surface area contributed by atoms with Gasteiger partial charge in [-0.1, -0.05) is 41.4 Å². The molecule has 0 aliphatic carbocycles. The van der Waals surface area contributed by atoms with E-state index in [-0.39, 0.29) is 12.2 Å². The molecule has 0 aromatic carbocycles. The van der Waals surface area contributed by atoms with Gasteiger partial charge in [0.1, 0.15) is 5.76 Å². The third-order valence-electron chi connectivity index (χ3n) is 1.37. The van der Waals surface area contributed by atoms with Gasteiger partial charge in [-0.2, -0.15) is 0 Å². The third-order valence-corrected chi connectivity index (χ3v) is 2.10. The van der Waals surface area contributed by atoms with E-state index >= 15 is 0 Å². The summed E-state index contributed by atoms with van der Waals surface area (Å²) in [5.41, 5.74) is 0. The molecule has 0 heterocycles. The number of ether oxygens (including phenoxy) is 2. The molecule has 0 N–H and O–H groups in total. The quantitative estimate of drug-likeness (QED) is 0.454. The second-order valence-corrected chi connectivity index (χ2v) is 5.35. The first kappa shape index (κ1) is 15.6. The summed E-state index contributed by atoms with van der Waals surface area (Å²) in [6, 6.07) is 0. The zero-order chi connectivity index (χ0) is 12.9. The molecular formula is C9H11Cl3O4. The minimum Gasteiger partial charge on any atom is -0.458 e. The number of alkyl halides is 3. The van der Waals surface area contributed by atoms with E-state index in [0.29, 0.717) is 0 Å². The molecule has 0 aromatic rings. The molecule has 92 valence electrons. The Hall–Kier alpha value is -0.450. The van der Waals surface area contributed by atoms with Crippen molar-refractivity contribution in [3.8, 4) is 0 Å². The predicted molar refractivity (Wildman–Crippen MR) is 61.4 cm³/mol. The van der Waals surface area contributed by atoms with E-state index < -0.39 is 21.8 Å². The first-order chi connectivity index (χ1) is 7.12. The molecule has 0 aliphatic rings. The zero-order valence-corrected chi connectivity index (χ0v) is 11.0. The molecule has 0 saturated carbocycles. The van der Waals surface area contributed by atoms with Gasteiger partial charge in [-0.05, 0) is 0 Å². The van der Waals surface area contributed by atoms with Crippen LogP contribution in [0.1, 0.15) is 20.3 Å². The van der Waals surface area contributed by atoms with Crippen molar-refractivity contribution in [3.05, 3.63) is 12.3 Å². The maximum absolute atomic E-state index is 10.8. The monoisotopic (exact) mass is 288 g/mol. The molecule has 16 heavy (non-hydrogen) atoms. The summed E-state index contributed by atoms with van der Waals surface area (Å²) in [6.45, 7) is 5.83. The van der Waals surface area contributed by atoms with Crippen LogP contribution in [0.25, 0.3) is 0 Å². The third kappa shape index (κ3) is 6.93. The molecule has 0 spiro atoms. The number of hydrogen-bond donors (Lipinski definition) is 0. The maximum atomic E-state index is 10.8. The summed E-state index contributed by atoms with van der Waals surface area (Å²) >= 11 is 16.8. The van der Waals surface area contributed by atoms with Gasteiger partial charge in [0.2, 0.25) is 3.79 Å². The SMILES string of the molecule is C=C(CC(OC(C)=O)C(Cl)(Cl)Cl)OC(C)=O. The lowest BCUT2D eigenvalue weighted by Gasteiger charge is -2.24. The normalized spacial score (nSPS) is 12.8. The van der Waals surface area contributed by atoms with Gasteiger partial charge in [0.25, 0.3) is 0 Å². The molecule has 1 unspecified atom stereocenters. The highest BCUT2D eigenvalue weighted by Gasteiger charge is 2.36. The van der Waals surface area contributed by atoms with E-state index in [1.807, 2.05) is 0 Å². The van der Waals surface area contributed by atoms with Gasteiger partial charge >= 0.3 is 11.9 Å². The molecule has 0 fully saturated rings. The highest BCUT2D eigenvalue weighted by molar-refractivity contribution is 6.68. The Labute approximate surface area is 108 Å². The number of esters is 2. The van der Waals surface area contributed by atoms with E-state index in [9.17, 15) is 9.59 Å². The predicted octanol–water partition coefficient (Wildman–Crippen LogP) is 2.76. The van der Waals surface area contributed by atoms with Crippen LogP contribution in [0.4, 0.5) is 0 Å². The molecule has 0 aromatic heterocycles. The lowest BCUT2D eigenvalue weighted by Crippen LogP contribution is -2.31. The minimum absolute atomic E-state index is 0.0603. The van der Waals surface area contributed by atoms with Crippen molar-refractivity contribution in [2.45, 2.75) is 30.2 Å². The van der Waals surface area contributed by atoms with Crippen molar-refractivity contribution >= 4 is 46.7 Å². The van der Waals surface area contributed by atoms with Crippen molar-refractivity contribution in [1.29, 1.82) is 0 Å². The number of rotatable bonds is 4. The van der Waals surface area contributed by atoms with Crippen LogP contribution in [0.15, 0.2) is 12.3 Å². The van der Waals surface area contributed by atoms with Crippen molar-refractivity contribution < 1.29 is 19.1 Å². The first-order valence-corrected chi connectivity index (χ1v) is 5.36. The average Bonchev–Trinajstić information content (AvgIpc) is 1.98. The van der Waals surface area contributed by atoms with Crippen LogP contribution in [-0.2, 0) is 19.1 Å². The lowest BCUT2D eigenvalue weighted by molar-refractivity contribution is -0.146. The van der Waals surface area contributed by atoms with Crippen LogP contribution in [0, 0.1) is 0 Å². The number of carbonyl (C=O) groups excluding carboxylic acids is 2. The Morgan fingerprint density at radius 3 is 2.06 bits per heavy atom. The molecule has 7 heteroatoms. The molecule has 0 rings (SSSR count). The van der Waals surface area contributed by atoms with Gasteiger partial charge < -0.3 is 9.47 Å². The van der Waals surface area contributed by atoms with Gasteiger partial charge in [-0.15, -0.1) is 0 Å². The van der Waals surface area contributed by atoms with E-state index in [1.54, 1.807) is 0 Å². The van der Waals surface area contributed by atoms with E-state index in [4.69, 9.17) is 39.5 Å². The highest BCUT2D eigenvalue weighted by Crippen LogP contribution is 2.35. The summed E-state index contributed by atoms with van der Waals surface area (Å²) in [7, 11) is 0. The van der Waals surface area contributed by atoms with Gasteiger partial charge in [0.15, 0.2) is 6.10 Å². The van der Waals surface area contributed by atoms with Gasteiger partial charge in [0.05, 0.1) is 0 Å². The zero-order valence-electron chi connectivity index (χ0n) is 8.76. The summed E-state index contributed by atoms with van der Waals surface area (Å²) in [5.74, 6) is -1.09. The summed E-state index contributed by atoms with van der Waals surface area (Å²) in [5, 5.41) is 0. The van der Waals surface area contributed by atoms with E-state index in [1.165, 1.54) is 13.8 Å². The summed E-state index contributed by atoms with van der Waals surface area (Å²) in [6.07, 6.45) is -1.13. The molecular weight excluding hydrogens is 278 g/mol. The molecule has 0 aliphatic heterocycles. The molecule has 4 nitrogen and oxygen atoms in total. The fourth-order valence-electron chi connectivity index (χ4n) is 0.876. The van der Waals surface area contributed by atoms with Gasteiger partial charge in [0, 0.05) is 20.3 Å². The second-order valence-electron chi connectivity index (χ2n) is 2.98. The van der Waals surface area contributed by atoms with Gasteiger partial charge in [-0.25, -0.2) is 0 Å². The number of hydrogen-bond acceptors (Lipinski definition) is 4. The van der Waals surface area contributed by atoms with Crippen molar-refractivity contribution in [2.75, 3.05) is 0 Å². The molecule has 0 radical (unpaired) electrons. The molecule has 0 saturated heterocycles. The van der Waals surface area contributed by atoms with Crippen LogP contribution in [0.5, 0.6) is 0 Å². The smallest absolute Gasteiger partial charge is 0.307 e. The lowest BCUT2D eigenvalue weighted by atomic mass is 10.2. The number of carbonyl (C=O) groups is 2. The Bertz CT molecular complexity index is 296. The highest BCUT2D eigenvalue weighted by atomic mass is 35.6. The van der Waals surface area contributed by atoms with Crippen LogP contribution in [-0.4, -0.2) is 21.8 Å². The van der Waals surface area contributed by atoms with E-state index in [0.717, 1.165) is 0 Å². The standard InChI is InChI=1S/C9H11Cl3O4/c1-5(15-6(2)13)4-8(9(10,11)12)16-7(3)14/h8H,1,4H2,2-3H3. The Balaban J connectivity index is 4.49. The Morgan fingerprint density at radius 1 is 1.25 bits per heavy atom. The average molecular weight is 290 g/mol. The van der Waals surface area contributed by atoms with Crippen LogP contribution in [0.3, 0.4) is 0 Å². The summed E-state index contributed by atoms with van der Waals surface area (Å²) < 4.78 is 7.63. The fourth-order valence-corrected chi connectivity index (χ4v) is 1.24. The van der Waals surface area contributed by atoms with Crippen molar-refractivity contribution in [2.24, 2.45) is 0 Å². The Morgan fingerprint density at radius 2 is 1.75 bits per heavy atom. The largest absolute Gasteiger partial charge is 0.458 e. The topological polar surface area (TPSA) is 52.6 Å². The van der Waals surface area contributed by atoms with Crippen LogP contribution < -0.4 is 0 Å². The van der Waals surface area contributed by atoms with Crippen LogP contribution in [0.2, 0.25) is 0 Å². The van der Waals surface area contributed by atoms with Crippen molar-refractivity contribution in [3.63, 3.8) is 0 Å². The molecule has 1 atom stereocenters. The molecule has 0 bridgehead atoms. The van der Waals surface area contributed by atoms with Crippen molar-refractivity contribution in [1.82, 2.24) is 0 Å². The van der Waals surface area contributed by atoms with E-state index in [2.05, 4.69) is 11.3 Å². The molecule has 0 amide bonds. The fraction of sp³-hybridized carbons (Fsp3) is 0.556. The summed E-state index contributed by atoms with van der Waals surface area (Å²) in [4.78, 5) is 21.4. The van der Waals surface area contributed by atoms with Gasteiger partial charge in [-0.3, -0.25) is 9.59 Å². The second kappa shape index (κ2) is 6.33. The first-order valence-electron chi connectivity index (χ1n) is 4.23. The number of halogens is 3. The Kier molecular flexibility index (Phi) is 6.15. The minimum atomic E-state index is -1.81. The maximum Gasteiger partial charge on any atom is 0.307 e.